The van der Waals surface area contributed by atoms with Gasteiger partial charge in [-0.2, -0.15) is 0 Å². The van der Waals surface area contributed by atoms with Crippen molar-refractivity contribution in [1.29, 1.82) is 0 Å². The number of nitrogens with two attached hydrogens (primary N) is 2. The number of nitrogens with one attached hydrogen (secondary N) is 2. The molecule has 8 heteroatoms. The van der Waals surface area contributed by atoms with Gasteiger partial charge in [0, 0.05) is 12.1 Å². The van der Waals surface area contributed by atoms with E-state index in [4.69, 9.17) is 11.6 Å². The van der Waals surface area contributed by atoms with E-state index in [2.05, 4.69) is 15.5 Å². The lowest BCUT2D eigenvalue weighted by Gasteiger charge is -2.13. The number of ether oxygens (including phenoxy) is 1. The summed E-state index contributed by atoms with van der Waals surface area (Å²) in [7, 11) is 1.14. The lowest BCUT2D eigenvalue weighted by atomic mass is 10.1. The first kappa shape index (κ1) is 16.5. The first-order chi connectivity index (χ1) is 11.0. The molecule has 2 aromatic rings. The molecule has 0 heterocycles. The van der Waals surface area contributed by atoms with Crippen LogP contribution in [0.15, 0.2) is 30.3 Å². The summed E-state index contributed by atoms with van der Waals surface area (Å²) >= 11 is 0. The fraction of sp³-hybridized carbons (Fsp3) is 0.133. The second kappa shape index (κ2) is 6.93. The van der Waals surface area contributed by atoms with Gasteiger partial charge in [0.1, 0.15) is 0 Å². The summed E-state index contributed by atoms with van der Waals surface area (Å²) in [5.74, 6) is 2.30. The van der Waals surface area contributed by atoms with E-state index in [1.807, 2.05) is 0 Å². The second-order valence-electron chi connectivity index (χ2n) is 4.68. The van der Waals surface area contributed by atoms with Crippen molar-refractivity contribution < 1.29 is 18.3 Å². The molecule has 0 aromatic heterocycles. The topological polar surface area (TPSA) is 102 Å². The standard InChI is InChI=1S/C15H16F2N4O2/c1-23-14-10(16)5-9(6-11(14)17)15(22)20-7-8-3-2-4-12(18)13(8)21-19/h2-6,21H,7,18-19H2,1H3,(H,20,22). The average molecular weight is 322 g/mol. The first-order valence-electron chi connectivity index (χ1n) is 6.63. The number of carbonyl (C=O) groups is 1. The fourth-order valence-corrected chi connectivity index (χ4v) is 2.11. The van der Waals surface area contributed by atoms with Crippen molar-refractivity contribution in [3.05, 3.63) is 53.1 Å². The van der Waals surface area contributed by atoms with Crippen LogP contribution in [-0.2, 0) is 6.54 Å². The monoisotopic (exact) mass is 322 g/mol. The molecule has 2 rings (SSSR count). The van der Waals surface area contributed by atoms with E-state index in [0.29, 0.717) is 16.9 Å². The summed E-state index contributed by atoms with van der Waals surface area (Å²) in [5.41, 5.74) is 9.56. The molecule has 0 atom stereocenters. The van der Waals surface area contributed by atoms with Crippen LogP contribution in [0, 0.1) is 11.6 Å². The number of carbonyl (C=O) groups excluding carboxylic acids is 1. The van der Waals surface area contributed by atoms with Gasteiger partial charge in [-0.15, -0.1) is 0 Å². The molecule has 1 amide bonds. The maximum atomic E-state index is 13.6. The van der Waals surface area contributed by atoms with Crippen molar-refractivity contribution in [3.8, 4) is 5.75 Å². The van der Waals surface area contributed by atoms with E-state index in [0.717, 1.165) is 19.2 Å². The Bertz CT molecular complexity index is 714. The van der Waals surface area contributed by atoms with Crippen LogP contribution in [0.5, 0.6) is 5.75 Å². The molecule has 0 saturated carbocycles. The molecule has 0 fully saturated rings. The summed E-state index contributed by atoms with van der Waals surface area (Å²) in [4.78, 5) is 12.0. The van der Waals surface area contributed by atoms with Gasteiger partial charge >= 0.3 is 0 Å². The SMILES string of the molecule is COc1c(F)cc(C(=O)NCc2cccc(N)c2NN)cc1F. The highest BCUT2D eigenvalue weighted by Gasteiger charge is 2.16. The van der Waals surface area contributed by atoms with E-state index >= 15 is 0 Å². The largest absolute Gasteiger partial charge is 0.491 e. The van der Waals surface area contributed by atoms with Crippen LogP contribution in [0.1, 0.15) is 15.9 Å². The zero-order valence-electron chi connectivity index (χ0n) is 12.3. The van der Waals surface area contributed by atoms with E-state index in [9.17, 15) is 13.6 Å². The normalized spacial score (nSPS) is 10.3. The molecule has 6 N–H and O–H groups in total. The molecule has 122 valence electrons. The van der Waals surface area contributed by atoms with Gasteiger partial charge in [-0.05, 0) is 23.8 Å². The molecule has 0 radical (unpaired) electrons. The molecule has 0 aliphatic carbocycles. The molecular formula is C15H16F2N4O2. The predicted octanol–water partition coefficient (Wildman–Crippen LogP) is 1.77. The molecule has 0 aliphatic heterocycles. The smallest absolute Gasteiger partial charge is 0.251 e. The number of halogens is 2. The quantitative estimate of drug-likeness (QED) is 0.382. The summed E-state index contributed by atoms with van der Waals surface area (Å²) in [5, 5.41) is 2.54. The van der Waals surface area contributed by atoms with Crippen LogP contribution in [0.25, 0.3) is 0 Å². The number of hydrazine groups is 1. The summed E-state index contributed by atoms with van der Waals surface area (Å²) in [6, 6.07) is 6.86. The highest BCUT2D eigenvalue weighted by molar-refractivity contribution is 5.94. The molecule has 6 nitrogen and oxygen atoms in total. The van der Waals surface area contributed by atoms with Crippen molar-refractivity contribution >= 4 is 17.3 Å². The number of methoxy groups -OCH3 is 1. The van der Waals surface area contributed by atoms with Crippen LogP contribution >= 0.6 is 0 Å². The number of anilines is 2. The Labute approximate surface area is 131 Å². The van der Waals surface area contributed by atoms with E-state index < -0.39 is 23.3 Å². The minimum absolute atomic E-state index is 0.0820. The highest BCUT2D eigenvalue weighted by atomic mass is 19.1. The van der Waals surface area contributed by atoms with Crippen LogP contribution in [0.2, 0.25) is 0 Å². The second-order valence-corrected chi connectivity index (χ2v) is 4.68. The minimum atomic E-state index is -0.953. The van der Waals surface area contributed by atoms with Crippen LogP contribution in [0.4, 0.5) is 20.2 Å². The Morgan fingerprint density at radius 3 is 2.48 bits per heavy atom. The molecule has 0 saturated heterocycles. The number of hydrogen-bond donors (Lipinski definition) is 4. The van der Waals surface area contributed by atoms with E-state index in [-0.39, 0.29) is 12.1 Å². The lowest BCUT2D eigenvalue weighted by Crippen LogP contribution is -2.24. The molecule has 23 heavy (non-hydrogen) atoms. The summed E-state index contributed by atoms with van der Waals surface area (Å²) in [6.07, 6.45) is 0. The third-order valence-electron chi connectivity index (χ3n) is 3.23. The number of benzene rings is 2. The maximum Gasteiger partial charge on any atom is 0.251 e. The van der Waals surface area contributed by atoms with Crippen LogP contribution in [-0.4, -0.2) is 13.0 Å². The maximum absolute atomic E-state index is 13.6. The van der Waals surface area contributed by atoms with E-state index in [1.54, 1.807) is 18.2 Å². The Balaban J connectivity index is 2.16. The van der Waals surface area contributed by atoms with Gasteiger partial charge in [0.05, 0.1) is 18.5 Å². The number of amides is 1. The zero-order valence-corrected chi connectivity index (χ0v) is 12.3. The molecule has 0 aliphatic rings. The third kappa shape index (κ3) is 3.49. The lowest BCUT2D eigenvalue weighted by molar-refractivity contribution is 0.0950. The molecule has 2 aromatic carbocycles. The van der Waals surface area contributed by atoms with Crippen molar-refractivity contribution in [2.75, 3.05) is 18.3 Å². The molecule has 0 bridgehead atoms. The van der Waals surface area contributed by atoms with Crippen molar-refractivity contribution in [2.45, 2.75) is 6.54 Å². The summed E-state index contributed by atoms with van der Waals surface area (Å²) < 4.78 is 31.8. The Morgan fingerprint density at radius 1 is 1.26 bits per heavy atom. The Kier molecular flexibility index (Phi) is 4.97. The highest BCUT2D eigenvalue weighted by Crippen LogP contribution is 2.24. The molecular weight excluding hydrogens is 306 g/mol. The van der Waals surface area contributed by atoms with Gasteiger partial charge in [-0.25, -0.2) is 8.78 Å². The minimum Gasteiger partial charge on any atom is -0.491 e. The predicted molar refractivity (Wildman–Crippen MR) is 82.7 cm³/mol. The van der Waals surface area contributed by atoms with Gasteiger partial charge in [-0.1, -0.05) is 12.1 Å². The van der Waals surface area contributed by atoms with Crippen LogP contribution < -0.4 is 27.1 Å². The number of para-hydroxylation sites is 1. The van der Waals surface area contributed by atoms with Gasteiger partial charge < -0.3 is 21.2 Å². The van der Waals surface area contributed by atoms with Gasteiger partial charge in [0.2, 0.25) is 0 Å². The average Bonchev–Trinajstić information content (AvgIpc) is 2.52. The van der Waals surface area contributed by atoms with Crippen molar-refractivity contribution in [2.24, 2.45) is 5.84 Å². The van der Waals surface area contributed by atoms with Crippen molar-refractivity contribution in [1.82, 2.24) is 5.32 Å². The fourth-order valence-electron chi connectivity index (χ4n) is 2.11. The number of hydrogen-bond acceptors (Lipinski definition) is 5. The Hall–Kier alpha value is -2.87. The number of nitrogen functional groups attached to an aromatic ring is 2. The van der Waals surface area contributed by atoms with Crippen molar-refractivity contribution in [3.63, 3.8) is 0 Å². The van der Waals surface area contributed by atoms with E-state index in [1.165, 1.54) is 0 Å². The summed E-state index contributed by atoms with van der Waals surface area (Å²) in [6.45, 7) is 0.0820. The van der Waals surface area contributed by atoms with Crippen LogP contribution in [0.3, 0.4) is 0 Å². The van der Waals surface area contributed by atoms with Gasteiger partial charge in [0.25, 0.3) is 5.91 Å². The zero-order chi connectivity index (χ0) is 17.0. The van der Waals surface area contributed by atoms with Gasteiger partial charge in [-0.3, -0.25) is 10.6 Å². The van der Waals surface area contributed by atoms with Gasteiger partial charge in [0.15, 0.2) is 17.4 Å². The Morgan fingerprint density at radius 2 is 1.91 bits per heavy atom. The molecule has 0 spiro atoms. The molecule has 0 unspecified atom stereocenters. The third-order valence-corrected chi connectivity index (χ3v) is 3.23. The number of rotatable bonds is 5. The first-order valence-corrected chi connectivity index (χ1v) is 6.63.